The zero-order valence-corrected chi connectivity index (χ0v) is 14.0. The molecule has 2 unspecified atom stereocenters. The average Bonchev–Trinajstić information content (AvgIpc) is 2.51. The quantitative estimate of drug-likeness (QED) is 0.452. The van der Waals surface area contributed by atoms with Crippen LogP contribution < -0.4 is 0 Å². The Hall–Kier alpha value is -1.36. The molecule has 0 N–H and O–H groups in total. The van der Waals surface area contributed by atoms with Crippen LogP contribution in [-0.2, 0) is 4.87 Å². The van der Waals surface area contributed by atoms with Crippen molar-refractivity contribution in [3.63, 3.8) is 0 Å². The van der Waals surface area contributed by atoms with Gasteiger partial charge in [0, 0.05) is 17.2 Å². The summed E-state index contributed by atoms with van der Waals surface area (Å²) in [5.41, 5.74) is 0.837. The third kappa shape index (κ3) is 3.05. The lowest BCUT2D eigenvalue weighted by molar-refractivity contribution is -0.384. The molecule has 0 radical (unpaired) electrons. The number of rotatable bonds is 5. The Bertz CT molecular complexity index is 609. The smallest absolute Gasteiger partial charge is 0.269 e. The van der Waals surface area contributed by atoms with Crippen LogP contribution in [0.5, 0.6) is 0 Å². The van der Waals surface area contributed by atoms with E-state index in [9.17, 15) is 10.1 Å². The summed E-state index contributed by atoms with van der Waals surface area (Å²) in [6.45, 7) is 5.72. The Kier molecular flexibility index (Phi) is 5.27. The van der Waals surface area contributed by atoms with E-state index in [0.717, 1.165) is 18.7 Å². The highest BCUT2D eigenvalue weighted by atomic mass is 35.5. The molecule has 4 nitrogen and oxygen atoms in total. The number of benzene rings is 1. The van der Waals surface area contributed by atoms with Gasteiger partial charge in [-0.25, -0.2) is 0 Å². The van der Waals surface area contributed by atoms with Crippen molar-refractivity contribution in [3.8, 4) is 0 Å². The van der Waals surface area contributed by atoms with Crippen LogP contribution in [0.2, 0.25) is 0 Å². The fourth-order valence-electron chi connectivity index (χ4n) is 2.78. The number of non-ortho nitro benzene ring substituents is 1. The van der Waals surface area contributed by atoms with Crippen LogP contribution in [0.4, 0.5) is 5.69 Å². The van der Waals surface area contributed by atoms with E-state index in [-0.39, 0.29) is 11.7 Å². The van der Waals surface area contributed by atoms with Gasteiger partial charge < -0.3 is 0 Å². The number of hydrogen-bond acceptors (Lipinski definition) is 3. The van der Waals surface area contributed by atoms with Gasteiger partial charge in [-0.15, -0.1) is 11.6 Å². The van der Waals surface area contributed by atoms with Crippen molar-refractivity contribution in [2.24, 2.45) is 0 Å². The van der Waals surface area contributed by atoms with Gasteiger partial charge in [0.25, 0.3) is 5.69 Å². The first-order valence-corrected chi connectivity index (χ1v) is 7.92. The summed E-state index contributed by atoms with van der Waals surface area (Å²) < 4.78 is 0. The van der Waals surface area contributed by atoms with E-state index in [1.165, 1.54) is 12.1 Å². The Morgan fingerprint density at radius 3 is 2.36 bits per heavy atom. The summed E-state index contributed by atoms with van der Waals surface area (Å²) in [7, 11) is 0. The molecule has 0 aromatic heterocycles. The molecule has 118 valence electrons. The van der Waals surface area contributed by atoms with Gasteiger partial charge in [0.2, 0.25) is 0 Å². The largest absolute Gasteiger partial charge is 0.294 e. The van der Waals surface area contributed by atoms with Crippen LogP contribution >= 0.6 is 23.2 Å². The SMILES string of the molecule is CCN(CC)C1C(Cl)=CC=CC1(Cl)c1ccc([N+](=O)[O-])cc1. The highest BCUT2D eigenvalue weighted by molar-refractivity contribution is 6.33. The van der Waals surface area contributed by atoms with Crippen molar-refractivity contribution in [2.45, 2.75) is 24.8 Å². The number of nitrogens with zero attached hydrogens (tertiary/aromatic N) is 2. The van der Waals surface area contributed by atoms with E-state index in [4.69, 9.17) is 23.2 Å². The van der Waals surface area contributed by atoms with Gasteiger partial charge >= 0.3 is 0 Å². The minimum absolute atomic E-state index is 0.0461. The Morgan fingerprint density at radius 2 is 1.86 bits per heavy atom. The Morgan fingerprint density at radius 1 is 1.27 bits per heavy atom. The molecule has 0 spiro atoms. The van der Waals surface area contributed by atoms with Crippen molar-refractivity contribution in [3.05, 3.63) is 63.2 Å². The molecule has 1 aliphatic carbocycles. The second kappa shape index (κ2) is 6.82. The van der Waals surface area contributed by atoms with Crippen molar-refractivity contribution >= 4 is 28.9 Å². The van der Waals surface area contributed by atoms with Crippen molar-refractivity contribution in [1.29, 1.82) is 0 Å². The fraction of sp³-hybridized carbons (Fsp3) is 0.375. The molecule has 2 atom stereocenters. The molecule has 1 aromatic rings. The van der Waals surface area contributed by atoms with Crippen LogP contribution in [-0.4, -0.2) is 29.0 Å². The normalized spacial score (nSPS) is 24.4. The standard InChI is InChI=1S/C16H18Cl2N2O2/c1-3-19(4-2)15-14(17)6-5-11-16(15,18)12-7-9-13(10-8-12)20(21)22/h5-11,15H,3-4H2,1-2H3. The molecule has 0 aliphatic heterocycles. The lowest BCUT2D eigenvalue weighted by atomic mass is 9.85. The van der Waals surface area contributed by atoms with Crippen molar-refractivity contribution in [1.82, 2.24) is 4.90 Å². The maximum atomic E-state index is 10.8. The van der Waals surface area contributed by atoms with E-state index in [0.29, 0.717) is 5.03 Å². The molecule has 1 aliphatic rings. The number of likely N-dealkylation sites (N-methyl/N-ethyl adjacent to an activating group) is 1. The van der Waals surface area contributed by atoms with Gasteiger partial charge in [-0.2, -0.15) is 0 Å². The second-order valence-electron chi connectivity index (χ2n) is 5.11. The molecule has 1 aromatic carbocycles. The fourth-order valence-corrected chi connectivity index (χ4v) is 3.68. The van der Waals surface area contributed by atoms with Crippen molar-refractivity contribution in [2.75, 3.05) is 13.1 Å². The first kappa shape index (κ1) is 17.0. The van der Waals surface area contributed by atoms with Crippen LogP contribution in [0.15, 0.2) is 47.5 Å². The summed E-state index contributed by atoms with van der Waals surface area (Å²) in [4.78, 5) is 11.7. The minimum Gasteiger partial charge on any atom is -0.294 e. The molecule has 0 bridgehead atoms. The molecular weight excluding hydrogens is 323 g/mol. The molecule has 0 fully saturated rings. The second-order valence-corrected chi connectivity index (χ2v) is 6.17. The highest BCUT2D eigenvalue weighted by Crippen LogP contribution is 2.43. The van der Waals surface area contributed by atoms with E-state index in [2.05, 4.69) is 18.7 Å². The summed E-state index contributed by atoms with van der Waals surface area (Å²) in [5.74, 6) is 0. The maximum Gasteiger partial charge on any atom is 0.269 e. The van der Waals surface area contributed by atoms with E-state index in [1.807, 2.05) is 18.2 Å². The van der Waals surface area contributed by atoms with Crippen molar-refractivity contribution < 1.29 is 4.92 Å². The predicted molar refractivity (Wildman–Crippen MR) is 90.4 cm³/mol. The topological polar surface area (TPSA) is 46.4 Å². The maximum absolute atomic E-state index is 10.8. The zero-order valence-electron chi connectivity index (χ0n) is 12.5. The van der Waals surface area contributed by atoms with Gasteiger partial charge in [0.05, 0.1) is 11.0 Å². The lowest BCUT2D eigenvalue weighted by Crippen LogP contribution is -2.48. The molecule has 0 heterocycles. The molecular formula is C16H18Cl2N2O2. The van der Waals surface area contributed by atoms with Gasteiger partial charge in [-0.3, -0.25) is 15.0 Å². The minimum atomic E-state index is -0.840. The van der Waals surface area contributed by atoms with E-state index in [1.54, 1.807) is 12.1 Å². The zero-order chi connectivity index (χ0) is 16.3. The Labute approximate surface area is 140 Å². The summed E-state index contributed by atoms with van der Waals surface area (Å²) in [5, 5.41) is 11.5. The Balaban J connectivity index is 2.46. The van der Waals surface area contributed by atoms with Gasteiger partial charge in [0.1, 0.15) is 4.87 Å². The third-order valence-electron chi connectivity index (χ3n) is 3.95. The molecule has 0 saturated heterocycles. The number of nitro benzene ring substituents is 1. The number of alkyl halides is 1. The van der Waals surface area contributed by atoms with Gasteiger partial charge in [-0.1, -0.05) is 49.7 Å². The number of hydrogen-bond donors (Lipinski definition) is 0. The lowest BCUT2D eigenvalue weighted by Gasteiger charge is -2.41. The first-order chi connectivity index (χ1) is 10.4. The molecule has 2 rings (SSSR count). The highest BCUT2D eigenvalue weighted by Gasteiger charge is 2.42. The van der Waals surface area contributed by atoms with Crippen LogP contribution in [0, 0.1) is 10.1 Å². The average molecular weight is 341 g/mol. The molecule has 0 amide bonds. The third-order valence-corrected chi connectivity index (χ3v) is 4.84. The van der Waals surface area contributed by atoms with Gasteiger partial charge in [0.15, 0.2) is 0 Å². The van der Waals surface area contributed by atoms with E-state index < -0.39 is 9.80 Å². The molecule has 0 saturated carbocycles. The summed E-state index contributed by atoms with van der Waals surface area (Å²) in [6.07, 6.45) is 5.57. The summed E-state index contributed by atoms with van der Waals surface area (Å²) >= 11 is 13.3. The summed E-state index contributed by atoms with van der Waals surface area (Å²) in [6, 6.07) is 6.14. The van der Waals surface area contributed by atoms with Crippen LogP contribution in [0.1, 0.15) is 19.4 Å². The number of halogens is 2. The predicted octanol–water partition coefficient (Wildman–Crippen LogP) is 4.43. The van der Waals surface area contributed by atoms with E-state index >= 15 is 0 Å². The monoisotopic (exact) mass is 340 g/mol. The molecule has 6 heteroatoms. The number of nitro groups is 1. The first-order valence-electron chi connectivity index (χ1n) is 7.16. The van der Waals surface area contributed by atoms with Crippen LogP contribution in [0.25, 0.3) is 0 Å². The van der Waals surface area contributed by atoms with Crippen LogP contribution in [0.3, 0.4) is 0 Å². The number of allylic oxidation sites excluding steroid dienone is 2. The van der Waals surface area contributed by atoms with Gasteiger partial charge in [-0.05, 0) is 24.7 Å². The molecule has 22 heavy (non-hydrogen) atoms.